The first-order chi connectivity index (χ1) is 10.9. The first-order valence-electron chi connectivity index (χ1n) is 10.0. The van der Waals surface area contributed by atoms with Crippen molar-refractivity contribution in [2.45, 2.75) is 113 Å². The molecule has 3 saturated carbocycles. The van der Waals surface area contributed by atoms with Crippen molar-refractivity contribution >= 4 is 18.4 Å². The monoisotopic (exact) mass is 342 g/mol. The standard InChI is InChI=1S/C18H33P.CH6OSi/c1-4-10-16(11-5-1)19(17-12-6-2-7-13-17)18-14-8-3-9-15-18;1-2-3/h16-18H,1-15H2;1,3H3. The molecule has 0 aromatic carbocycles. The van der Waals surface area contributed by atoms with Crippen molar-refractivity contribution in [1.29, 1.82) is 0 Å². The highest BCUT2D eigenvalue weighted by Gasteiger charge is 2.36. The van der Waals surface area contributed by atoms with E-state index in [9.17, 15) is 0 Å². The van der Waals surface area contributed by atoms with Crippen LogP contribution >= 0.6 is 7.92 Å². The molecule has 3 heteroatoms. The van der Waals surface area contributed by atoms with Crippen LogP contribution in [-0.2, 0) is 4.43 Å². The molecular formula is C19H39OPSi. The molecule has 3 fully saturated rings. The van der Waals surface area contributed by atoms with Crippen molar-refractivity contribution in [3.8, 4) is 0 Å². The van der Waals surface area contributed by atoms with Gasteiger partial charge in [0, 0.05) is 7.11 Å². The Kier molecular flexibility index (Phi) is 9.65. The molecule has 0 spiro atoms. The second-order valence-corrected chi connectivity index (χ2v) is 11.6. The fraction of sp³-hybridized carbons (Fsp3) is 1.00. The van der Waals surface area contributed by atoms with E-state index in [2.05, 4.69) is 4.43 Å². The molecule has 0 radical (unpaired) electrons. The molecule has 3 aliphatic rings. The van der Waals surface area contributed by atoms with Crippen molar-refractivity contribution in [3.05, 3.63) is 0 Å². The molecule has 0 aliphatic heterocycles. The minimum atomic E-state index is 0.385. The third-order valence-corrected chi connectivity index (χ3v) is 10.1. The van der Waals surface area contributed by atoms with Crippen molar-refractivity contribution in [2.75, 3.05) is 7.11 Å². The zero-order chi connectivity index (χ0) is 15.6. The first-order valence-corrected chi connectivity index (χ1v) is 12.4. The van der Waals surface area contributed by atoms with E-state index in [1.165, 1.54) is 36.2 Å². The molecule has 0 unspecified atom stereocenters. The largest absolute Gasteiger partial charge is 0.431 e. The summed E-state index contributed by atoms with van der Waals surface area (Å²) in [5, 5.41) is 0. The van der Waals surface area contributed by atoms with Gasteiger partial charge in [-0.25, -0.2) is 0 Å². The topological polar surface area (TPSA) is 9.23 Å². The molecule has 3 rings (SSSR count). The fourth-order valence-electron chi connectivity index (χ4n) is 5.03. The molecule has 0 N–H and O–H groups in total. The van der Waals surface area contributed by atoms with Crippen LogP contribution in [0.2, 0.25) is 0 Å². The summed E-state index contributed by atoms with van der Waals surface area (Å²) in [6, 6.07) is 0. The van der Waals surface area contributed by atoms with Crippen LogP contribution in [0.15, 0.2) is 0 Å². The normalized spacial score (nSPS) is 25.9. The van der Waals surface area contributed by atoms with E-state index < -0.39 is 0 Å². The van der Waals surface area contributed by atoms with Gasteiger partial charge in [-0.05, 0) is 55.5 Å². The lowest BCUT2D eigenvalue weighted by atomic mass is 9.99. The molecule has 0 heterocycles. The van der Waals surface area contributed by atoms with Crippen LogP contribution in [0, 0.1) is 0 Å². The summed E-state index contributed by atoms with van der Waals surface area (Å²) in [6.07, 6.45) is 23.6. The third-order valence-electron chi connectivity index (χ3n) is 5.99. The summed E-state index contributed by atoms with van der Waals surface area (Å²) in [7, 11) is 2.94. The van der Waals surface area contributed by atoms with Crippen LogP contribution in [0.1, 0.15) is 96.3 Å². The Balaban J connectivity index is 0.000000545. The minimum Gasteiger partial charge on any atom is -0.431 e. The van der Waals surface area contributed by atoms with Gasteiger partial charge in [0.15, 0.2) is 0 Å². The zero-order valence-corrected chi connectivity index (χ0v) is 18.1. The first kappa shape index (κ1) is 18.9. The lowest BCUT2D eigenvalue weighted by molar-refractivity contribution is 0.460. The lowest BCUT2D eigenvalue weighted by Crippen LogP contribution is -2.28. The smallest absolute Gasteiger partial charge is 0.145 e. The predicted octanol–water partition coefficient (Wildman–Crippen LogP) is 5.38. The summed E-state index contributed by atoms with van der Waals surface area (Å²) >= 11 is 0. The van der Waals surface area contributed by atoms with Crippen molar-refractivity contribution in [3.63, 3.8) is 0 Å². The van der Waals surface area contributed by atoms with E-state index in [1.54, 1.807) is 84.2 Å². The van der Waals surface area contributed by atoms with Gasteiger partial charge in [0.1, 0.15) is 10.5 Å². The van der Waals surface area contributed by atoms with Gasteiger partial charge in [0.2, 0.25) is 0 Å². The Morgan fingerprint density at radius 1 is 0.591 bits per heavy atom. The van der Waals surface area contributed by atoms with E-state index in [1.807, 2.05) is 0 Å². The van der Waals surface area contributed by atoms with E-state index in [0.29, 0.717) is 7.92 Å². The van der Waals surface area contributed by atoms with Gasteiger partial charge in [-0.3, -0.25) is 0 Å². The Morgan fingerprint density at radius 2 is 0.818 bits per heavy atom. The quantitative estimate of drug-likeness (QED) is 0.494. The van der Waals surface area contributed by atoms with Gasteiger partial charge in [-0.2, -0.15) is 0 Å². The predicted molar refractivity (Wildman–Crippen MR) is 104 cm³/mol. The maximum absolute atomic E-state index is 4.39. The molecule has 0 aromatic heterocycles. The summed E-state index contributed by atoms with van der Waals surface area (Å²) in [5.41, 5.74) is 3.57. The van der Waals surface area contributed by atoms with Gasteiger partial charge >= 0.3 is 0 Å². The maximum Gasteiger partial charge on any atom is 0.145 e. The molecule has 0 aromatic rings. The van der Waals surface area contributed by atoms with Crippen LogP contribution in [0.4, 0.5) is 0 Å². The lowest BCUT2D eigenvalue weighted by Gasteiger charge is -2.44. The summed E-state index contributed by atoms with van der Waals surface area (Å²) < 4.78 is 4.39. The highest BCUT2D eigenvalue weighted by atomic mass is 31.1. The summed E-state index contributed by atoms with van der Waals surface area (Å²) in [5.74, 6) is 0. The number of hydrogen-bond acceptors (Lipinski definition) is 1. The van der Waals surface area contributed by atoms with E-state index in [0.717, 1.165) is 10.5 Å². The molecule has 3 aliphatic carbocycles. The Bertz CT molecular complexity index is 226. The SMILES string of the molecule is C1CCC(P(C2CCCCC2)C2CCCCC2)CC1.CO[SiH3]. The van der Waals surface area contributed by atoms with Gasteiger partial charge in [0.25, 0.3) is 0 Å². The highest BCUT2D eigenvalue weighted by molar-refractivity contribution is 7.59. The van der Waals surface area contributed by atoms with Crippen LogP contribution < -0.4 is 0 Å². The van der Waals surface area contributed by atoms with Crippen molar-refractivity contribution < 1.29 is 4.43 Å². The average molecular weight is 343 g/mol. The molecule has 22 heavy (non-hydrogen) atoms. The molecule has 0 amide bonds. The second-order valence-electron chi connectivity index (χ2n) is 7.73. The zero-order valence-electron chi connectivity index (χ0n) is 15.2. The Hall–Kier alpha value is 0.607. The average Bonchev–Trinajstić information content (AvgIpc) is 2.59. The molecule has 1 nitrogen and oxygen atoms in total. The van der Waals surface area contributed by atoms with Crippen molar-refractivity contribution in [2.24, 2.45) is 0 Å². The second kappa shape index (κ2) is 11.2. The highest BCUT2D eigenvalue weighted by Crippen LogP contribution is 2.61. The van der Waals surface area contributed by atoms with Crippen molar-refractivity contribution in [1.82, 2.24) is 0 Å². The van der Waals surface area contributed by atoms with Gasteiger partial charge < -0.3 is 4.43 Å². The molecule has 0 atom stereocenters. The maximum atomic E-state index is 4.39. The van der Waals surface area contributed by atoms with Gasteiger partial charge in [-0.15, -0.1) is 0 Å². The van der Waals surface area contributed by atoms with Crippen LogP contribution in [-0.4, -0.2) is 34.6 Å². The van der Waals surface area contributed by atoms with Gasteiger partial charge in [0.05, 0.1) is 0 Å². The van der Waals surface area contributed by atoms with Crippen LogP contribution in [0.25, 0.3) is 0 Å². The van der Waals surface area contributed by atoms with Crippen LogP contribution in [0.3, 0.4) is 0 Å². The summed E-state index contributed by atoms with van der Waals surface area (Å²) in [6.45, 7) is 0. The minimum absolute atomic E-state index is 0.385. The molecule has 0 bridgehead atoms. The molecular weight excluding hydrogens is 303 g/mol. The van der Waals surface area contributed by atoms with Crippen LogP contribution in [0.5, 0.6) is 0 Å². The molecule has 130 valence electrons. The molecule has 0 saturated heterocycles. The number of rotatable bonds is 3. The fourth-order valence-corrected chi connectivity index (χ4v) is 9.71. The summed E-state index contributed by atoms with van der Waals surface area (Å²) in [4.78, 5) is 0. The Labute approximate surface area is 143 Å². The van der Waals surface area contributed by atoms with Gasteiger partial charge in [-0.1, -0.05) is 65.7 Å². The van der Waals surface area contributed by atoms with E-state index in [-0.39, 0.29) is 0 Å². The van der Waals surface area contributed by atoms with E-state index in [4.69, 9.17) is 0 Å². The number of hydrogen-bond donors (Lipinski definition) is 0. The Morgan fingerprint density at radius 3 is 1.05 bits per heavy atom. The van der Waals surface area contributed by atoms with E-state index >= 15 is 0 Å². The third kappa shape index (κ3) is 5.91.